The van der Waals surface area contributed by atoms with E-state index in [1.54, 1.807) is 0 Å². The van der Waals surface area contributed by atoms with Gasteiger partial charge in [-0.05, 0) is 47.0 Å². The minimum atomic E-state index is 0.603. The third-order valence-corrected chi connectivity index (χ3v) is 10.5. The van der Waals surface area contributed by atoms with Crippen LogP contribution in [-0.4, -0.2) is 15.0 Å². The maximum atomic E-state index is 6.62. The van der Waals surface area contributed by atoms with Gasteiger partial charge in [-0.3, -0.25) is 0 Å². The lowest BCUT2D eigenvalue weighted by Crippen LogP contribution is -2.01. The van der Waals surface area contributed by atoms with Crippen molar-refractivity contribution in [1.82, 2.24) is 15.0 Å². The summed E-state index contributed by atoms with van der Waals surface area (Å²) in [6, 6.07) is 56.8. The molecular weight excluding hydrogens is 631 g/mol. The van der Waals surface area contributed by atoms with E-state index in [2.05, 4.69) is 91.0 Å². The number of furan rings is 1. The molecule has 0 aliphatic heterocycles. The highest BCUT2D eigenvalue weighted by Gasteiger charge is 2.21. The van der Waals surface area contributed by atoms with Gasteiger partial charge in [0.25, 0.3) is 0 Å². The Labute approximate surface area is 292 Å². The number of aromatic nitrogens is 3. The zero-order chi connectivity index (χ0) is 33.0. The Bertz CT molecular complexity index is 2820. The molecule has 7 aromatic carbocycles. The third-order valence-electron chi connectivity index (χ3n) is 9.37. The van der Waals surface area contributed by atoms with E-state index in [-0.39, 0.29) is 0 Å². The van der Waals surface area contributed by atoms with Crippen LogP contribution in [0.25, 0.3) is 98.5 Å². The van der Waals surface area contributed by atoms with Gasteiger partial charge in [0.1, 0.15) is 11.2 Å². The summed E-state index contributed by atoms with van der Waals surface area (Å²) in [4.78, 5) is 15.2. The molecule has 10 rings (SSSR count). The number of hydrogen-bond donors (Lipinski definition) is 0. The van der Waals surface area contributed by atoms with Crippen LogP contribution >= 0.6 is 11.3 Å². The van der Waals surface area contributed by atoms with E-state index in [4.69, 9.17) is 19.4 Å². The van der Waals surface area contributed by atoms with E-state index in [0.29, 0.717) is 17.5 Å². The van der Waals surface area contributed by atoms with Crippen molar-refractivity contribution in [3.63, 3.8) is 0 Å². The Kier molecular flexibility index (Phi) is 6.64. The fraction of sp³-hybridized carbons (Fsp3) is 0. The summed E-state index contributed by atoms with van der Waals surface area (Å²) >= 11 is 1.83. The first-order valence-electron chi connectivity index (χ1n) is 16.6. The molecule has 0 aliphatic carbocycles. The van der Waals surface area contributed by atoms with Crippen molar-refractivity contribution in [2.24, 2.45) is 0 Å². The summed E-state index contributed by atoms with van der Waals surface area (Å²) in [6.45, 7) is 0. The molecule has 0 bridgehead atoms. The van der Waals surface area contributed by atoms with Crippen LogP contribution in [0.1, 0.15) is 0 Å². The van der Waals surface area contributed by atoms with E-state index in [1.165, 1.54) is 25.7 Å². The van der Waals surface area contributed by atoms with Gasteiger partial charge in [-0.2, -0.15) is 0 Å². The zero-order valence-electron chi connectivity index (χ0n) is 26.7. The lowest BCUT2D eigenvalue weighted by Gasteiger charge is -2.15. The summed E-state index contributed by atoms with van der Waals surface area (Å²) < 4.78 is 9.18. The highest BCUT2D eigenvalue weighted by atomic mass is 32.1. The number of para-hydroxylation sites is 2. The fourth-order valence-electron chi connectivity index (χ4n) is 7.03. The second-order valence-corrected chi connectivity index (χ2v) is 13.4. The molecule has 5 heteroatoms. The summed E-state index contributed by atoms with van der Waals surface area (Å²) in [6.07, 6.45) is 0. The molecule has 3 heterocycles. The molecular formula is C45H27N3OS. The zero-order valence-corrected chi connectivity index (χ0v) is 27.6. The van der Waals surface area contributed by atoms with Gasteiger partial charge < -0.3 is 4.42 Å². The maximum Gasteiger partial charge on any atom is 0.164 e. The molecule has 0 saturated heterocycles. The molecule has 0 amide bonds. The molecule has 0 radical (unpaired) electrons. The monoisotopic (exact) mass is 657 g/mol. The predicted octanol–water partition coefficient (Wildman–Crippen LogP) is 12.5. The number of nitrogens with zero attached hydrogens (tertiary/aromatic N) is 3. The minimum absolute atomic E-state index is 0.603. The Morgan fingerprint density at radius 2 is 0.980 bits per heavy atom. The van der Waals surface area contributed by atoms with E-state index in [1.807, 2.05) is 84.1 Å². The standard InChI is InChI=1S/C45H27N3OS/c1-3-13-28(14-4-1)43-46-44(29-15-5-2-6-16-29)48-45(47-43)35-26-25-30(31-19-12-24-40-41(31)36-18-8-10-23-39(36)50-40)27-37(35)34-21-11-20-33-32-17-7-9-22-38(32)49-42(33)34/h1-27H. The first kappa shape index (κ1) is 28.6. The number of rotatable bonds is 5. The molecule has 3 aromatic heterocycles. The number of benzene rings is 7. The van der Waals surface area contributed by atoms with Gasteiger partial charge in [-0.1, -0.05) is 133 Å². The van der Waals surface area contributed by atoms with Gasteiger partial charge in [0, 0.05) is 53.2 Å². The van der Waals surface area contributed by atoms with Crippen LogP contribution < -0.4 is 0 Å². The molecule has 10 aromatic rings. The van der Waals surface area contributed by atoms with Crippen LogP contribution in [-0.2, 0) is 0 Å². The third kappa shape index (κ3) is 4.71. The number of thiophene rings is 1. The average Bonchev–Trinajstić information content (AvgIpc) is 3.77. The van der Waals surface area contributed by atoms with Crippen molar-refractivity contribution < 1.29 is 4.42 Å². The first-order valence-corrected chi connectivity index (χ1v) is 17.4. The second-order valence-electron chi connectivity index (χ2n) is 12.4. The average molecular weight is 658 g/mol. The Morgan fingerprint density at radius 3 is 1.76 bits per heavy atom. The molecule has 50 heavy (non-hydrogen) atoms. The van der Waals surface area contributed by atoms with Gasteiger partial charge in [0.2, 0.25) is 0 Å². The number of hydrogen-bond acceptors (Lipinski definition) is 5. The SMILES string of the molecule is c1ccc(-c2nc(-c3ccccc3)nc(-c3ccc(-c4cccc5sc6ccccc6c45)cc3-c3cccc4c3oc3ccccc34)n2)cc1. The van der Waals surface area contributed by atoms with Crippen molar-refractivity contribution in [2.45, 2.75) is 0 Å². The maximum absolute atomic E-state index is 6.62. The van der Waals surface area contributed by atoms with Crippen molar-refractivity contribution >= 4 is 53.4 Å². The summed E-state index contributed by atoms with van der Waals surface area (Å²) in [5.74, 6) is 1.86. The van der Waals surface area contributed by atoms with Crippen LogP contribution in [0.15, 0.2) is 168 Å². The van der Waals surface area contributed by atoms with Gasteiger partial charge in [0.05, 0.1) is 0 Å². The lowest BCUT2D eigenvalue weighted by atomic mass is 9.91. The van der Waals surface area contributed by atoms with E-state index < -0.39 is 0 Å². The quantitative estimate of drug-likeness (QED) is 0.185. The van der Waals surface area contributed by atoms with Crippen LogP contribution in [0, 0.1) is 0 Å². The van der Waals surface area contributed by atoms with Crippen molar-refractivity contribution in [1.29, 1.82) is 0 Å². The van der Waals surface area contributed by atoms with Crippen molar-refractivity contribution in [3.8, 4) is 56.4 Å². The van der Waals surface area contributed by atoms with Crippen LogP contribution in [0.2, 0.25) is 0 Å². The molecule has 0 unspecified atom stereocenters. The van der Waals surface area contributed by atoms with Crippen LogP contribution in [0.3, 0.4) is 0 Å². The number of fused-ring (bicyclic) bond motifs is 6. The predicted molar refractivity (Wildman–Crippen MR) is 207 cm³/mol. The van der Waals surface area contributed by atoms with Gasteiger partial charge in [0.15, 0.2) is 17.5 Å². The van der Waals surface area contributed by atoms with Crippen LogP contribution in [0.4, 0.5) is 0 Å². The highest BCUT2D eigenvalue weighted by molar-refractivity contribution is 7.25. The van der Waals surface area contributed by atoms with Gasteiger partial charge in [-0.25, -0.2) is 15.0 Å². The van der Waals surface area contributed by atoms with E-state index in [9.17, 15) is 0 Å². The largest absolute Gasteiger partial charge is 0.455 e. The van der Waals surface area contributed by atoms with E-state index >= 15 is 0 Å². The molecule has 4 nitrogen and oxygen atoms in total. The van der Waals surface area contributed by atoms with Crippen LogP contribution in [0.5, 0.6) is 0 Å². The second kappa shape index (κ2) is 11.6. The smallest absolute Gasteiger partial charge is 0.164 e. The molecule has 0 spiro atoms. The van der Waals surface area contributed by atoms with Gasteiger partial charge in [-0.15, -0.1) is 11.3 Å². The lowest BCUT2D eigenvalue weighted by molar-refractivity contribution is 0.670. The summed E-state index contributed by atoms with van der Waals surface area (Å²) in [5, 5.41) is 4.71. The van der Waals surface area contributed by atoms with Crippen molar-refractivity contribution in [3.05, 3.63) is 164 Å². The molecule has 0 aliphatic rings. The Morgan fingerprint density at radius 1 is 0.380 bits per heavy atom. The highest BCUT2D eigenvalue weighted by Crippen LogP contribution is 2.44. The Hall–Kier alpha value is -6.43. The minimum Gasteiger partial charge on any atom is -0.455 e. The van der Waals surface area contributed by atoms with E-state index in [0.717, 1.165) is 55.3 Å². The topological polar surface area (TPSA) is 51.8 Å². The Balaban J connectivity index is 1.27. The van der Waals surface area contributed by atoms with Gasteiger partial charge >= 0.3 is 0 Å². The molecule has 0 atom stereocenters. The first-order chi connectivity index (χ1) is 24.8. The summed E-state index contributed by atoms with van der Waals surface area (Å²) in [5.41, 5.74) is 8.76. The fourth-order valence-corrected chi connectivity index (χ4v) is 8.17. The summed E-state index contributed by atoms with van der Waals surface area (Å²) in [7, 11) is 0. The molecule has 0 N–H and O–H groups in total. The normalized spacial score (nSPS) is 11.6. The molecule has 234 valence electrons. The van der Waals surface area contributed by atoms with Crippen molar-refractivity contribution in [2.75, 3.05) is 0 Å². The molecule has 0 saturated carbocycles. The molecule has 0 fully saturated rings.